The van der Waals surface area contributed by atoms with Gasteiger partial charge in [0.2, 0.25) is 5.91 Å². The molecule has 5 nitrogen and oxygen atoms in total. The maximum Gasteiger partial charge on any atom is 0.329 e. The number of hydrogen-bond donors (Lipinski definition) is 2. The summed E-state index contributed by atoms with van der Waals surface area (Å²) in [7, 11) is 1.33. The van der Waals surface area contributed by atoms with Gasteiger partial charge in [-0.15, -0.1) is 0 Å². The van der Waals surface area contributed by atoms with Crippen molar-refractivity contribution in [2.24, 2.45) is 11.8 Å². The lowest BCUT2D eigenvalue weighted by Crippen LogP contribution is -2.47. The molecule has 3 unspecified atom stereocenters. The molecular formula is C15H28N2O3. The Morgan fingerprint density at radius 1 is 1.35 bits per heavy atom. The minimum absolute atomic E-state index is 0.219. The Balaban J connectivity index is 2.22. The lowest BCUT2D eigenvalue weighted by molar-refractivity contribution is -0.144. The summed E-state index contributed by atoms with van der Waals surface area (Å²) in [6, 6.07) is -0.595. The molecule has 2 N–H and O–H groups in total. The Hall–Kier alpha value is -1.10. The Bertz CT molecular complexity index is 320. The number of nitrogens with one attached hydrogen (secondary N) is 2. The minimum Gasteiger partial charge on any atom is -0.467 e. The molecule has 20 heavy (non-hydrogen) atoms. The summed E-state index contributed by atoms with van der Waals surface area (Å²) in [5.74, 6) is 1.02. The molecule has 0 aliphatic heterocycles. The number of amides is 1. The number of carbonyl (C=O) groups is 2. The second-order valence-corrected chi connectivity index (χ2v) is 5.91. The van der Waals surface area contributed by atoms with Crippen LogP contribution in [0.15, 0.2) is 0 Å². The molecule has 0 heterocycles. The topological polar surface area (TPSA) is 67.4 Å². The highest BCUT2D eigenvalue weighted by Crippen LogP contribution is 2.30. The molecule has 0 radical (unpaired) electrons. The third-order valence-corrected chi connectivity index (χ3v) is 3.99. The summed E-state index contributed by atoms with van der Waals surface area (Å²) in [5, 5.41) is 5.85. The summed E-state index contributed by atoms with van der Waals surface area (Å²) in [4.78, 5) is 22.6. The Morgan fingerprint density at radius 3 is 2.70 bits per heavy atom. The highest BCUT2D eigenvalue weighted by atomic mass is 16.5. The van der Waals surface area contributed by atoms with Crippen LogP contribution in [-0.4, -0.2) is 38.1 Å². The second-order valence-electron chi connectivity index (χ2n) is 5.91. The van der Waals surface area contributed by atoms with Gasteiger partial charge in [-0.1, -0.05) is 26.2 Å². The predicted molar refractivity (Wildman–Crippen MR) is 78.2 cm³/mol. The van der Waals surface area contributed by atoms with Crippen LogP contribution in [0.1, 0.15) is 46.0 Å². The van der Waals surface area contributed by atoms with Crippen LogP contribution < -0.4 is 10.6 Å². The number of rotatable bonds is 7. The molecule has 0 aromatic heterocycles. The number of hydrogen-bond acceptors (Lipinski definition) is 4. The number of carbonyl (C=O) groups excluding carboxylic acids is 2. The van der Waals surface area contributed by atoms with Crippen LogP contribution in [0.5, 0.6) is 0 Å². The van der Waals surface area contributed by atoms with Crippen molar-refractivity contribution < 1.29 is 14.3 Å². The number of methoxy groups -OCH3 is 1. The van der Waals surface area contributed by atoms with Gasteiger partial charge < -0.3 is 15.4 Å². The first kappa shape index (κ1) is 17.0. The van der Waals surface area contributed by atoms with Crippen molar-refractivity contribution in [1.29, 1.82) is 0 Å². The van der Waals surface area contributed by atoms with E-state index in [0.717, 1.165) is 24.8 Å². The number of ether oxygens (including phenoxy) is 1. The van der Waals surface area contributed by atoms with E-state index in [9.17, 15) is 9.59 Å². The highest BCUT2D eigenvalue weighted by molar-refractivity contribution is 5.83. The van der Waals surface area contributed by atoms with E-state index in [1.165, 1.54) is 39.7 Å². The van der Waals surface area contributed by atoms with Gasteiger partial charge in [-0.25, -0.2) is 4.79 Å². The van der Waals surface area contributed by atoms with Crippen LogP contribution in [0.2, 0.25) is 0 Å². The molecule has 3 atom stereocenters. The van der Waals surface area contributed by atoms with E-state index in [-0.39, 0.29) is 5.91 Å². The summed E-state index contributed by atoms with van der Waals surface area (Å²) in [5.41, 5.74) is 0. The average Bonchev–Trinajstić information content (AvgIpc) is 2.41. The molecule has 1 amide bonds. The van der Waals surface area contributed by atoms with Gasteiger partial charge in [-0.2, -0.15) is 0 Å². The smallest absolute Gasteiger partial charge is 0.329 e. The molecule has 116 valence electrons. The Kier molecular flexibility index (Phi) is 7.59. The van der Waals surface area contributed by atoms with Crippen LogP contribution >= 0.6 is 0 Å². The monoisotopic (exact) mass is 284 g/mol. The van der Waals surface area contributed by atoms with Gasteiger partial charge in [0.15, 0.2) is 0 Å². The van der Waals surface area contributed by atoms with Crippen molar-refractivity contribution >= 4 is 11.9 Å². The van der Waals surface area contributed by atoms with Gasteiger partial charge in [-0.3, -0.25) is 4.79 Å². The van der Waals surface area contributed by atoms with Crippen molar-refractivity contribution in [3.05, 3.63) is 0 Å². The molecule has 0 bridgehead atoms. The molecule has 0 aromatic rings. The molecule has 1 rings (SSSR count). The first-order chi connectivity index (χ1) is 9.52. The van der Waals surface area contributed by atoms with Gasteiger partial charge in [0.05, 0.1) is 7.11 Å². The maximum atomic E-state index is 11.5. The Labute approximate surface area is 121 Å². The van der Waals surface area contributed by atoms with Crippen molar-refractivity contribution in [1.82, 2.24) is 10.6 Å². The summed E-state index contributed by atoms with van der Waals surface area (Å²) < 4.78 is 4.68. The molecule has 1 aliphatic rings. The molecule has 0 saturated heterocycles. The second kappa shape index (κ2) is 8.95. The van der Waals surface area contributed by atoms with Crippen LogP contribution in [0, 0.1) is 11.8 Å². The van der Waals surface area contributed by atoms with Gasteiger partial charge in [0.25, 0.3) is 0 Å². The van der Waals surface area contributed by atoms with Gasteiger partial charge in [-0.05, 0) is 31.2 Å². The van der Waals surface area contributed by atoms with Gasteiger partial charge >= 0.3 is 5.97 Å². The van der Waals surface area contributed by atoms with E-state index >= 15 is 0 Å². The zero-order chi connectivity index (χ0) is 15.0. The van der Waals surface area contributed by atoms with Crippen LogP contribution in [0.3, 0.4) is 0 Å². The van der Waals surface area contributed by atoms with E-state index in [1.54, 1.807) is 0 Å². The maximum absolute atomic E-state index is 11.5. The standard InChI is InChI=1S/C15H28N2O3/c1-11-5-4-6-13(9-11)7-8-16-10-14(15(19)20-3)17-12(2)18/h11,13-14,16H,4-10H2,1-3H3,(H,17,18). The van der Waals surface area contributed by atoms with E-state index in [2.05, 4.69) is 22.3 Å². The SMILES string of the molecule is COC(=O)C(CNCCC1CCCC(C)C1)NC(C)=O. The largest absolute Gasteiger partial charge is 0.467 e. The van der Waals surface area contributed by atoms with Gasteiger partial charge in [0.1, 0.15) is 6.04 Å². The third kappa shape index (κ3) is 6.37. The lowest BCUT2D eigenvalue weighted by Gasteiger charge is -2.27. The predicted octanol–water partition coefficient (Wildman–Crippen LogP) is 1.47. The fourth-order valence-corrected chi connectivity index (χ4v) is 2.96. The summed E-state index contributed by atoms with van der Waals surface area (Å²) >= 11 is 0. The summed E-state index contributed by atoms with van der Waals surface area (Å²) in [6.07, 6.45) is 6.46. The quantitative estimate of drug-likeness (QED) is 0.549. The first-order valence-electron chi connectivity index (χ1n) is 7.58. The molecule has 1 fully saturated rings. The minimum atomic E-state index is -0.595. The zero-order valence-electron chi connectivity index (χ0n) is 12.9. The van der Waals surface area contributed by atoms with Crippen molar-refractivity contribution in [2.75, 3.05) is 20.2 Å². The molecule has 1 aliphatic carbocycles. The van der Waals surface area contributed by atoms with Crippen LogP contribution in [0.4, 0.5) is 0 Å². The van der Waals surface area contributed by atoms with Crippen LogP contribution in [0.25, 0.3) is 0 Å². The van der Waals surface area contributed by atoms with Crippen molar-refractivity contribution in [3.63, 3.8) is 0 Å². The van der Waals surface area contributed by atoms with Gasteiger partial charge in [0, 0.05) is 13.5 Å². The van der Waals surface area contributed by atoms with Crippen LogP contribution in [-0.2, 0) is 14.3 Å². The van der Waals surface area contributed by atoms with Crippen molar-refractivity contribution in [2.45, 2.75) is 52.0 Å². The number of esters is 1. The fourth-order valence-electron chi connectivity index (χ4n) is 2.96. The first-order valence-corrected chi connectivity index (χ1v) is 7.58. The molecule has 1 saturated carbocycles. The third-order valence-electron chi connectivity index (χ3n) is 3.99. The molecule has 0 spiro atoms. The molecule has 0 aromatic carbocycles. The Morgan fingerprint density at radius 2 is 2.10 bits per heavy atom. The molecule has 5 heteroatoms. The van der Waals surface area contributed by atoms with Crippen molar-refractivity contribution in [3.8, 4) is 0 Å². The average molecular weight is 284 g/mol. The van der Waals surface area contributed by atoms with E-state index in [1.807, 2.05) is 0 Å². The van der Waals surface area contributed by atoms with E-state index < -0.39 is 12.0 Å². The fraction of sp³-hybridized carbons (Fsp3) is 0.867. The highest BCUT2D eigenvalue weighted by Gasteiger charge is 2.21. The normalized spacial score (nSPS) is 23.9. The van der Waals surface area contributed by atoms with E-state index in [4.69, 9.17) is 0 Å². The molecular weight excluding hydrogens is 256 g/mol. The lowest BCUT2D eigenvalue weighted by atomic mass is 9.81. The summed E-state index contributed by atoms with van der Waals surface area (Å²) in [6.45, 7) is 5.03. The van der Waals surface area contributed by atoms with E-state index in [0.29, 0.717) is 6.54 Å². The zero-order valence-corrected chi connectivity index (χ0v) is 12.9.